The fraction of sp³-hybridized carbons (Fsp3) is 0.300. The monoisotopic (exact) mass is 351 g/mol. The van der Waals surface area contributed by atoms with Gasteiger partial charge in [-0.3, -0.25) is 9.69 Å². The number of anilines is 1. The summed E-state index contributed by atoms with van der Waals surface area (Å²) >= 11 is 1.54. The molecule has 0 radical (unpaired) electrons. The largest absolute Gasteiger partial charge is 0.301 e. The molecule has 1 atom stereocenters. The maximum absolute atomic E-state index is 12.8. The van der Waals surface area contributed by atoms with E-state index in [1.165, 1.54) is 11.1 Å². The van der Waals surface area contributed by atoms with E-state index in [-0.39, 0.29) is 11.9 Å². The third-order valence-electron chi connectivity index (χ3n) is 4.67. The molecule has 0 saturated carbocycles. The first-order valence-electron chi connectivity index (χ1n) is 8.65. The van der Waals surface area contributed by atoms with Crippen molar-refractivity contribution < 1.29 is 4.79 Å². The number of benzene rings is 2. The van der Waals surface area contributed by atoms with Crippen LogP contribution < -0.4 is 5.32 Å². The highest BCUT2D eigenvalue weighted by molar-refractivity contribution is 7.22. The van der Waals surface area contributed by atoms with Crippen molar-refractivity contribution >= 4 is 32.6 Å². The van der Waals surface area contributed by atoms with Gasteiger partial charge in [0.1, 0.15) is 0 Å². The first-order chi connectivity index (χ1) is 12.2. The number of aryl methyl sites for hydroxylation is 1. The van der Waals surface area contributed by atoms with Crippen molar-refractivity contribution in [3.63, 3.8) is 0 Å². The van der Waals surface area contributed by atoms with E-state index in [2.05, 4.69) is 40.3 Å². The molecule has 0 bridgehead atoms. The third-order valence-corrected chi connectivity index (χ3v) is 5.60. The van der Waals surface area contributed by atoms with Gasteiger partial charge in [0.2, 0.25) is 5.91 Å². The molecule has 1 saturated heterocycles. The third kappa shape index (κ3) is 3.57. The number of rotatable bonds is 4. The summed E-state index contributed by atoms with van der Waals surface area (Å²) in [5, 5.41) is 3.73. The number of likely N-dealkylation sites (tertiary alicyclic amines) is 1. The molecular formula is C20H21N3OS. The first-order valence-corrected chi connectivity index (χ1v) is 9.47. The molecule has 2 aromatic carbocycles. The molecule has 1 amide bonds. The lowest BCUT2D eigenvalue weighted by molar-refractivity contribution is -0.120. The number of carbonyl (C=O) groups excluding carboxylic acids is 1. The molecule has 5 heteroatoms. The highest BCUT2D eigenvalue weighted by Gasteiger charge is 2.31. The molecule has 25 heavy (non-hydrogen) atoms. The maximum atomic E-state index is 12.8. The van der Waals surface area contributed by atoms with Crippen molar-refractivity contribution in [3.8, 4) is 0 Å². The van der Waals surface area contributed by atoms with Crippen LogP contribution in [0.25, 0.3) is 10.2 Å². The Hall–Kier alpha value is -2.24. The summed E-state index contributed by atoms with van der Waals surface area (Å²) in [5.74, 6) is 0.0595. The van der Waals surface area contributed by atoms with Crippen LogP contribution in [0.2, 0.25) is 0 Å². The number of thiazole rings is 1. The van der Waals surface area contributed by atoms with Crippen LogP contribution >= 0.6 is 11.3 Å². The predicted molar refractivity (Wildman–Crippen MR) is 103 cm³/mol. The number of fused-ring (bicyclic) bond motifs is 1. The minimum atomic E-state index is -0.0750. The Morgan fingerprint density at radius 2 is 2.12 bits per heavy atom. The molecule has 1 aliphatic rings. The van der Waals surface area contributed by atoms with Crippen LogP contribution in [0.3, 0.4) is 0 Å². The standard InChI is InChI=1S/C20H21N3OS/c1-14-9-10-16-18(12-14)25-20(21-16)22-19(24)17-8-5-11-23(17)13-15-6-3-2-4-7-15/h2-4,6-7,9-10,12,17H,5,8,11,13H2,1H3,(H,21,22,24). The number of hydrogen-bond acceptors (Lipinski definition) is 4. The van der Waals surface area contributed by atoms with Crippen molar-refractivity contribution in [3.05, 3.63) is 59.7 Å². The molecule has 3 aromatic rings. The van der Waals surface area contributed by atoms with Crippen molar-refractivity contribution in [1.82, 2.24) is 9.88 Å². The molecule has 128 valence electrons. The minimum absolute atomic E-state index is 0.0595. The van der Waals surface area contributed by atoms with Gasteiger partial charge < -0.3 is 5.32 Å². The lowest BCUT2D eigenvalue weighted by atomic mass is 10.1. The molecule has 0 spiro atoms. The van der Waals surface area contributed by atoms with Crippen molar-refractivity contribution in [2.24, 2.45) is 0 Å². The van der Waals surface area contributed by atoms with E-state index in [0.717, 1.165) is 36.1 Å². The molecule has 0 aliphatic carbocycles. The van der Waals surface area contributed by atoms with Crippen LogP contribution in [0.15, 0.2) is 48.5 Å². The lowest BCUT2D eigenvalue weighted by Gasteiger charge is -2.23. The van der Waals surface area contributed by atoms with Crippen LogP contribution in [-0.4, -0.2) is 28.4 Å². The van der Waals surface area contributed by atoms with Gasteiger partial charge in [0.15, 0.2) is 5.13 Å². The zero-order valence-corrected chi connectivity index (χ0v) is 15.1. The molecule has 4 nitrogen and oxygen atoms in total. The quantitative estimate of drug-likeness (QED) is 0.766. The minimum Gasteiger partial charge on any atom is -0.301 e. The highest BCUT2D eigenvalue weighted by atomic mass is 32.1. The van der Waals surface area contributed by atoms with Gasteiger partial charge in [-0.05, 0) is 49.6 Å². The van der Waals surface area contributed by atoms with E-state index in [1.807, 2.05) is 30.3 Å². The van der Waals surface area contributed by atoms with Crippen molar-refractivity contribution in [2.75, 3.05) is 11.9 Å². The summed E-state index contributed by atoms with van der Waals surface area (Å²) in [5.41, 5.74) is 3.40. The van der Waals surface area contributed by atoms with Crippen LogP contribution in [0.5, 0.6) is 0 Å². The average molecular weight is 351 g/mol. The average Bonchev–Trinajstić information content (AvgIpc) is 3.21. The maximum Gasteiger partial charge on any atom is 0.243 e. The molecular weight excluding hydrogens is 330 g/mol. The summed E-state index contributed by atoms with van der Waals surface area (Å²) in [7, 11) is 0. The van der Waals surface area contributed by atoms with Crippen LogP contribution in [0.4, 0.5) is 5.13 Å². The SMILES string of the molecule is Cc1ccc2nc(NC(=O)C3CCCN3Cc3ccccc3)sc2c1. The van der Waals surface area contributed by atoms with E-state index in [1.54, 1.807) is 11.3 Å². The van der Waals surface area contributed by atoms with Crippen LogP contribution in [-0.2, 0) is 11.3 Å². The van der Waals surface area contributed by atoms with Gasteiger partial charge in [-0.15, -0.1) is 0 Å². The number of nitrogens with one attached hydrogen (secondary N) is 1. The fourth-order valence-electron chi connectivity index (χ4n) is 3.40. The number of carbonyl (C=O) groups is 1. The molecule has 1 N–H and O–H groups in total. The van der Waals surface area contributed by atoms with Crippen LogP contribution in [0.1, 0.15) is 24.0 Å². The Labute approximate surface area is 151 Å². The van der Waals surface area contributed by atoms with E-state index < -0.39 is 0 Å². The summed E-state index contributed by atoms with van der Waals surface area (Å²) in [6.45, 7) is 3.85. The lowest BCUT2D eigenvalue weighted by Crippen LogP contribution is -2.39. The highest BCUT2D eigenvalue weighted by Crippen LogP contribution is 2.28. The first kappa shape index (κ1) is 16.2. The van der Waals surface area contributed by atoms with E-state index >= 15 is 0 Å². The second-order valence-electron chi connectivity index (χ2n) is 6.59. The van der Waals surface area contributed by atoms with Gasteiger partial charge in [0.25, 0.3) is 0 Å². The Bertz CT molecular complexity index is 890. The molecule has 4 rings (SSSR count). The number of aromatic nitrogens is 1. The molecule has 1 aliphatic heterocycles. The summed E-state index contributed by atoms with van der Waals surface area (Å²) in [6.07, 6.45) is 1.96. The van der Waals surface area contributed by atoms with Gasteiger partial charge >= 0.3 is 0 Å². The second kappa shape index (κ2) is 6.94. The number of amides is 1. The smallest absolute Gasteiger partial charge is 0.243 e. The summed E-state index contributed by atoms with van der Waals surface area (Å²) in [4.78, 5) is 19.6. The number of nitrogens with zero attached hydrogens (tertiary/aromatic N) is 2. The second-order valence-corrected chi connectivity index (χ2v) is 7.62. The Kier molecular flexibility index (Phi) is 4.51. The van der Waals surface area contributed by atoms with Crippen LogP contribution in [0, 0.1) is 6.92 Å². The summed E-state index contributed by atoms with van der Waals surface area (Å²) in [6, 6.07) is 16.4. The molecule has 1 unspecified atom stereocenters. The Morgan fingerprint density at radius 3 is 2.96 bits per heavy atom. The Morgan fingerprint density at radius 1 is 1.28 bits per heavy atom. The zero-order valence-electron chi connectivity index (χ0n) is 14.2. The summed E-state index contributed by atoms with van der Waals surface area (Å²) < 4.78 is 1.11. The van der Waals surface area contributed by atoms with E-state index in [4.69, 9.17) is 0 Å². The predicted octanol–water partition coefficient (Wildman–Crippen LogP) is 4.21. The van der Waals surface area contributed by atoms with Gasteiger partial charge in [-0.2, -0.15) is 0 Å². The van der Waals surface area contributed by atoms with E-state index in [0.29, 0.717) is 5.13 Å². The van der Waals surface area contributed by atoms with E-state index in [9.17, 15) is 4.79 Å². The molecule has 1 aromatic heterocycles. The normalized spacial score (nSPS) is 17.9. The zero-order chi connectivity index (χ0) is 17.2. The van der Waals surface area contributed by atoms with Crippen molar-refractivity contribution in [2.45, 2.75) is 32.4 Å². The molecule has 2 heterocycles. The van der Waals surface area contributed by atoms with Gasteiger partial charge in [-0.25, -0.2) is 4.98 Å². The number of hydrogen-bond donors (Lipinski definition) is 1. The van der Waals surface area contributed by atoms with Gasteiger partial charge in [0, 0.05) is 6.54 Å². The fourth-order valence-corrected chi connectivity index (χ4v) is 4.37. The molecule has 1 fully saturated rings. The topological polar surface area (TPSA) is 45.2 Å². The van der Waals surface area contributed by atoms with Crippen molar-refractivity contribution in [1.29, 1.82) is 0 Å². The van der Waals surface area contributed by atoms with Gasteiger partial charge in [-0.1, -0.05) is 47.7 Å². The Balaban J connectivity index is 1.47. The van der Waals surface area contributed by atoms with Gasteiger partial charge in [0.05, 0.1) is 16.3 Å².